The Morgan fingerprint density at radius 3 is 3.17 bits per heavy atom. The van der Waals surface area contributed by atoms with Gasteiger partial charge in [0.25, 0.3) is 0 Å². The quantitative estimate of drug-likeness (QED) is 0.860. The number of hydrogen-bond donors (Lipinski definition) is 2. The third-order valence-electron chi connectivity index (χ3n) is 3.13. The van der Waals surface area contributed by atoms with Crippen molar-refractivity contribution in [2.24, 2.45) is 0 Å². The van der Waals surface area contributed by atoms with Crippen molar-refractivity contribution in [3.8, 4) is 0 Å². The number of rotatable bonds is 3. The molecular weight excluding hydrogens is 250 g/mol. The molecule has 2 N–H and O–H groups in total. The van der Waals surface area contributed by atoms with Gasteiger partial charge in [0.2, 0.25) is 5.91 Å². The molecule has 1 aliphatic rings. The summed E-state index contributed by atoms with van der Waals surface area (Å²) in [7, 11) is 1.79. The van der Waals surface area contributed by atoms with Gasteiger partial charge in [0, 0.05) is 24.7 Å². The van der Waals surface area contributed by atoms with Crippen LogP contribution in [-0.2, 0) is 4.79 Å². The monoisotopic (exact) mass is 267 g/mol. The van der Waals surface area contributed by atoms with Crippen molar-refractivity contribution in [2.45, 2.75) is 6.04 Å². The number of amides is 1. The van der Waals surface area contributed by atoms with Crippen molar-refractivity contribution in [1.82, 2.24) is 15.5 Å². The number of halogens is 1. The molecule has 1 unspecified atom stereocenters. The first-order chi connectivity index (χ1) is 8.72. The third-order valence-corrected chi connectivity index (χ3v) is 3.36. The minimum Gasteiger partial charge on any atom is -0.332 e. The maximum Gasteiger partial charge on any atom is 0.237 e. The Labute approximate surface area is 112 Å². The molecule has 5 heteroatoms. The highest BCUT2D eigenvalue weighted by molar-refractivity contribution is 6.30. The lowest BCUT2D eigenvalue weighted by molar-refractivity contribution is -0.133. The van der Waals surface area contributed by atoms with Crippen LogP contribution in [0.4, 0.5) is 0 Å². The van der Waals surface area contributed by atoms with Crippen LogP contribution < -0.4 is 10.6 Å². The van der Waals surface area contributed by atoms with Crippen molar-refractivity contribution < 1.29 is 4.79 Å². The van der Waals surface area contributed by atoms with Crippen molar-refractivity contribution in [2.75, 3.05) is 33.2 Å². The molecule has 0 bridgehead atoms. The Morgan fingerprint density at radius 2 is 2.44 bits per heavy atom. The van der Waals surface area contributed by atoms with Crippen molar-refractivity contribution in [3.05, 3.63) is 34.9 Å². The fraction of sp³-hybridized carbons (Fsp3) is 0.462. The average Bonchev–Trinajstić information content (AvgIpc) is 2.39. The molecule has 0 saturated carbocycles. The van der Waals surface area contributed by atoms with E-state index in [4.69, 9.17) is 11.6 Å². The number of nitrogens with zero attached hydrogens (tertiary/aromatic N) is 1. The zero-order valence-electron chi connectivity index (χ0n) is 10.4. The summed E-state index contributed by atoms with van der Waals surface area (Å²) in [6, 6.07) is 7.79. The van der Waals surface area contributed by atoms with Gasteiger partial charge in [-0.3, -0.25) is 4.79 Å². The molecule has 0 aliphatic carbocycles. The van der Waals surface area contributed by atoms with Gasteiger partial charge in [0.05, 0.1) is 12.6 Å². The lowest BCUT2D eigenvalue weighted by Gasteiger charge is -2.36. The molecule has 1 saturated heterocycles. The molecule has 98 valence electrons. The van der Waals surface area contributed by atoms with Gasteiger partial charge in [0.15, 0.2) is 0 Å². The highest BCUT2D eigenvalue weighted by Crippen LogP contribution is 2.24. The largest absolute Gasteiger partial charge is 0.332 e. The minimum absolute atomic E-state index is 0.0679. The fourth-order valence-corrected chi connectivity index (χ4v) is 2.47. The maximum atomic E-state index is 12.1. The summed E-state index contributed by atoms with van der Waals surface area (Å²) in [4.78, 5) is 14.0. The van der Waals surface area contributed by atoms with Gasteiger partial charge in [-0.15, -0.1) is 0 Å². The van der Waals surface area contributed by atoms with Crippen molar-refractivity contribution >= 4 is 17.5 Å². The highest BCUT2D eigenvalue weighted by Gasteiger charge is 2.27. The first kappa shape index (κ1) is 13.3. The lowest BCUT2D eigenvalue weighted by Crippen LogP contribution is -2.50. The summed E-state index contributed by atoms with van der Waals surface area (Å²) < 4.78 is 0. The van der Waals surface area contributed by atoms with Crippen molar-refractivity contribution in [3.63, 3.8) is 0 Å². The van der Waals surface area contributed by atoms with E-state index < -0.39 is 0 Å². The topological polar surface area (TPSA) is 44.4 Å². The second-order valence-corrected chi connectivity index (χ2v) is 4.83. The Hall–Kier alpha value is -1.10. The standard InChI is InChI=1S/C13H18ClN3O/c1-15-9-13(18)17-6-5-16-8-12(17)10-3-2-4-11(14)7-10/h2-4,7,12,15-16H,5-6,8-9H2,1H3. The molecule has 1 aromatic carbocycles. The van der Waals surface area contributed by atoms with Gasteiger partial charge in [0.1, 0.15) is 0 Å². The number of piperazine rings is 1. The van der Waals surface area contributed by atoms with E-state index in [0.29, 0.717) is 11.6 Å². The summed E-state index contributed by atoms with van der Waals surface area (Å²) in [5.74, 6) is 0.129. The molecule has 1 aliphatic heterocycles. The molecule has 18 heavy (non-hydrogen) atoms. The number of likely N-dealkylation sites (N-methyl/N-ethyl adjacent to an activating group) is 1. The smallest absolute Gasteiger partial charge is 0.237 e. The van der Waals surface area contributed by atoms with Gasteiger partial charge < -0.3 is 15.5 Å². The number of benzene rings is 1. The minimum atomic E-state index is 0.0679. The second-order valence-electron chi connectivity index (χ2n) is 4.39. The Balaban J connectivity index is 2.20. The van der Waals surface area contributed by atoms with E-state index >= 15 is 0 Å². The third kappa shape index (κ3) is 3.02. The van der Waals surface area contributed by atoms with Crippen LogP contribution in [0.25, 0.3) is 0 Å². The molecule has 2 rings (SSSR count). The van der Waals surface area contributed by atoms with Gasteiger partial charge in [-0.05, 0) is 24.7 Å². The van der Waals surface area contributed by atoms with Crippen LogP contribution in [-0.4, -0.2) is 44.0 Å². The Kier molecular flexibility index (Phi) is 4.58. The predicted octanol–water partition coefficient (Wildman–Crippen LogP) is 1.03. The Bertz CT molecular complexity index is 424. The van der Waals surface area contributed by atoms with Crippen LogP contribution >= 0.6 is 11.6 Å². The van der Waals surface area contributed by atoms with Crippen LogP contribution in [0.15, 0.2) is 24.3 Å². The second kappa shape index (κ2) is 6.18. The van der Waals surface area contributed by atoms with E-state index in [0.717, 1.165) is 25.2 Å². The first-order valence-electron chi connectivity index (χ1n) is 6.12. The van der Waals surface area contributed by atoms with E-state index in [9.17, 15) is 4.79 Å². The van der Waals surface area contributed by atoms with Crippen LogP contribution in [0.5, 0.6) is 0 Å². The van der Waals surface area contributed by atoms with Gasteiger partial charge in [-0.2, -0.15) is 0 Å². The van der Waals surface area contributed by atoms with E-state index in [1.807, 2.05) is 29.2 Å². The zero-order chi connectivity index (χ0) is 13.0. The molecule has 1 fully saturated rings. The van der Waals surface area contributed by atoms with Crippen LogP contribution in [0, 0.1) is 0 Å². The number of carbonyl (C=O) groups excluding carboxylic acids is 1. The number of nitrogens with one attached hydrogen (secondary N) is 2. The summed E-state index contributed by atoms with van der Waals surface area (Å²) >= 11 is 6.02. The molecule has 0 spiro atoms. The van der Waals surface area contributed by atoms with E-state index in [1.165, 1.54) is 0 Å². The average molecular weight is 268 g/mol. The zero-order valence-corrected chi connectivity index (χ0v) is 11.2. The summed E-state index contributed by atoms with van der Waals surface area (Å²) in [6.07, 6.45) is 0. The summed E-state index contributed by atoms with van der Waals surface area (Å²) in [5.41, 5.74) is 1.08. The molecule has 1 heterocycles. The van der Waals surface area contributed by atoms with Gasteiger partial charge in [-0.25, -0.2) is 0 Å². The molecule has 4 nitrogen and oxygen atoms in total. The number of carbonyl (C=O) groups is 1. The summed E-state index contributed by atoms with van der Waals surface area (Å²) in [5, 5.41) is 6.94. The predicted molar refractivity (Wildman–Crippen MR) is 72.7 cm³/mol. The normalized spacial score (nSPS) is 19.9. The van der Waals surface area contributed by atoms with E-state index in [-0.39, 0.29) is 11.9 Å². The van der Waals surface area contributed by atoms with Gasteiger partial charge in [-0.1, -0.05) is 23.7 Å². The molecule has 1 aromatic rings. The van der Waals surface area contributed by atoms with Crippen LogP contribution in [0.3, 0.4) is 0 Å². The van der Waals surface area contributed by atoms with E-state index in [2.05, 4.69) is 10.6 Å². The van der Waals surface area contributed by atoms with Crippen molar-refractivity contribution in [1.29, 1.82) is 0 Å². The SMILES string of the molecule is CNCC(=O)N1CCNCC1c1cccc(Cl)c1. The molecular formula is C13H18ClN3O. The molecule has 1 amide bonds. The van der Waals surface area contributed by atoms with Gasteiger partial charge >= 0.3 is 0 Å². The van der Waals surface area contributed by atoms with Crippen LogP contribution in [0.2, 0.25) is 5.02 Å². The molecule has 0 aromatic heterocycles. The summed E-state index contributed by atoms with van der Waals surface area (Å²) in [6.45, 7) is 2.72. The fourth-order valence-electron chi connectivity index (χ4n) is 2.27. The highest BCUT2D eigenvalue weighted by atomic mass is 35.5. The molecule has 0 radical (unpaired) electrons. The van der Waals surface area contributed by atoms with Crippen LogP contribution in [0.1, 0.15) is 11.6 Å². The lowest BCUT2D eigenvalue weighted by atomic mass is 10.0. The Morgan fingerprint density at radius 1 is 1.61 bits per heavy atom. The maximum absolute atomic E-state index is 12.1. The molecule has 1 atom stereocenters. The van der Waals surface area contributed by atoms with E-state index in [1.54, 1.807) is 7.05 Å². The first-order valence-corrected chi connectivity index (χ1v) is 6.50. The number of hydrogen-bond acceptors (Lipinski definition) is 3.